The maximum absolute atomic E-state index is 11.3. The van der Waals surface area contributed by atoms with Crippen molar-refractivity contribution in [1.82, 2.24) is 5.32 Å². The molecular weight excluding hydrogens is 162 g/mol. The maximum Gasteiger partial charge on any atom is 0.227 e. The van der Waals surface area contributed by atoms with Gasteiger partial charge in [-0.3, -0.25) is 4.79 Å². The third-order valence-electron chi connectivity index (χ3n) is 2.22. The first kappa shape index (κ1) is 9.78. The molecule has 0 heterocycles. The highest BCUT2D eigenvalue weighted by atomic mass is 16.1. The topological polar surface area (TPSA) is 29.1 Å². The Morgan fingerprint density at radius 2 is 1.85 bits per heavy atom. The fourth-order valence-electron chi connectivity index (χ4n) is 1.22. The minimum absolute atomic E-state index is 0.0591. The number of aryl methyl sites for hydroxylation is 1. The van der Waals surface area contributed by atoms with E-state index in [1.807, 2.05) is 38.1 Å². The van der Waals surface area contributed by atoms with Crippen LogP contribution < -0.4 is 5.32 Å². The van der Waals surface area contributed by atoms with Crippen LogP contribution in [-0.2, 0) is 4.79 Å². The van der Waals surface area contributed by atoms with Crippen molar-refractivity contribution in [2.45, 2.75) is 19.8 Å². The highest BCUT2D eigenvalue weighted by Crippen LogP contribution is 2.15. The molecule has 13 heavy (non-hydrogen) atoms. The molecule has 1 atom stereocenters. The zero-order valence-electron chi connectivity index (χ0n) is 8.29. The molecule has 0 radical (unpaired) electrons. The lowest BCUT2D eigenvalue weighted by atomic mass is 9.99. The average molecular weight is 177 g/mol. The number of benzene rings is 1. The Morgan fingerprint density at radius 1 is 1.31 bits per heavy atom. The highest BCUT2D eigenvalue weighted by Gasteiger charge is 2.12. The van der Waals surface area contributed by atoms with E-state index in [1.165, 1.54) is 5.56 Å². The second kappa shape index (κ2) is 4.08. The highest BCUT2D eigenvalue weighted by molar-refractivity contribution is 5.82. The van der Waals surface area contributed by atoms with Crippen molar-refractivity contribution in [3.8, 4) is 0 Å². The van der Waals surface area contributed by atoms with E-state index in [9.17, 15) is 4.79 Å². The van der Waals surface area contributed by atoms with Crippen molar-refractivity contribution in [1.29, 1.82) is 0 Å². The first-order valence-electron chi connectivity index (χ1n) is 4.43. The zero-order chi connectivity index (χ0) is 9.84. The third-order valence-corrected chi connectivity index (χ3v) is 2.22. The minimum atomic E-state index is -0.0643. The van der Waals surface area contributed by atoms with Crippen LogP contribution in [0.1, 0.15) is 24.0 Å². The van der Waals surface area contributed by atoms with E-state index < -0.39 is 0 Å². The van der Waals surface area contributed by atoms with Gasteiger partial charge in [-0.05, 0) is 19.4 Å². The minimum Gasteiger partial charge on any atom is -0.359 e. The molecule has 0 spiro atoms. The molecule has 2 nitrogen and oxygen atoms in total. The lowest BCUT2D eigenvalue weighted by Crippen LogP contribution is -2.23. The Morgan fingerprint density at radius 3 is 2.31 bits per heavy atom. The summed E-state index contributed by atoms with van der Waals surface area (Å²) in [6.45, 7) is 3.94. The third kappa shape index (κ3) is 2.31. The van der Waals surface area contributed by atoms with Gasteiger partial charge in [-0.25, -0.2) is 0 Å². The van der Waals surface area contributed by atoms with Crippen LogP contribution in [0.2, 0.25) is 0 Å². The second-order valence-electron chi connectivity index (χ2n) is 3.25. The fraction of sp³-hybridized carbons (Fsp3) is 0.364. The van der Waals surface area contributed by atoms with Crippen LogP contribution in [-0.4, -0.2) is 13.0 Å². The SMILES string of the molecule is CNC(=O)C(C)c1ccc(C)cc1. The van der Waals surface area contributed by atoms with Crippen molar-refractivity contribution in [3.63, 3.8) is 0 Å². The van der Waals surface area contributed by atoms with E-state index in [0.717, 1.165) is 5.56 Å². The van der Waals surface area contributed by atoms with Gasteiger partial charge < -0.3 is 5.32 Å². The molecule has 1 amide bonds. The van der Waals surface area contributed by atoms with Gasteiger partial charge in [0.15, 0.2) is 0 Å². The standard InChI is InChI=1S/C11H15NO/c1-8-4-6-10(7-5-8)9(2)11(13)12-3/h4-7,9H,1-3H3,(H,12,13). The van der Waals surface area contributed by atoms with Crippen molar-refractivity contribution < 1.29 is 4.79 Å². The summed E-state index contributed by atoms with van der Waals surface area (Å²) in [7, 11) is 1.66. The van der Waals surface area contributed by atoms with E-state index in [0.29, 0.717) is 0 Å². The Labute approximate surface area is 79.0 Å². The molecule has 0 aromatic heterocycles. The number of nitrogens with one attached hydrogen (secondary N) is 1. The number of hydrogen-bond donors (Lipinski definition) is 1. The van der Waals surface area contributed by atoms with Crippen LogP contribution in [0, 0.1) is 6.92 Å². The summed E-state index contributed by atoms with van der Waals surface area (Å²) in [5, 5.41) is 2.64. The number of carbonyl (C=O) groups is 1. The van der Waals surface area contributed by atoms with Gasteiger partial charge in [-0.15, -0.1) is 0 Å². The molecule has 0 saturated heterocycles. The maximum atomic E-state index is 11.3. The summed E-state index contributed by atoms with van der Waals surface area (Å²) in [5.74, 6) is -0.00514. The van der Waals surface area contributed by atoms with Crippen LogP contribution in [0.15, 0.2) is 24.3 Å². The molecule has 1 aromatic rings. The summed E-state index contributed by atoms with van der Waals surface area (Å²) in [6.07, 6.45) is 0. The molecule has 2 heteroatoms. The summed E-state index contributed by atoms with van der Waals surface area (Å²) in [5.41, 5.74) is 2.28. The molecule has 0 aliphatic heterocycles. The second-order valence-corrected chi connectivity index (χ2v) is 3.25. The predicted molar refractivity (Wildman–Crippen MR) is 53.7 cm³/mol. The van der Waals surface area contributed by atoms with Gasteiger partial charge in [-0.1, -0.05) is 29.8 Å². The lowest BCUT2D eigenvalue weighted by molar-refractivity contribution is -0.121. The quantitative estimate of drug-likeness (QED) is 0.733. The molecule has 0 fully saturated rings. The van der Waals surface area contributed by atoms with Gasteiger partial charge >= 0.3 is 0 Å². The molecule has 1 N–H and O–H groups in total. The van der Waals surface area contributed by atoms with Crippen molar-refractivity contribution in [3.05, 3.63) is 35.4 Å². The molecule has 0 saturated carbocycles. The van der Waals surface area contributed by atoms with Gasteiger partial charge in [0, 0.05) is 7.05 Å². The molecule has 0 aliphatic carbocycles. The number of hydrogen-bond acceptors (Lipinski definition) is 1. The first-order chi connectivity index (χ1) is 6.15. The first-order valence-corrected chi connectivity index (χ1v) is 4.43. The van der Waals surface area contributed by atoms with E-state index in [-0.39, 0.29) is 11.8 Å². The average Bonchev–Trinajstić information content (AvgIpc) is 2.17. The van der Waals surface area contributed by atoms with Gasteiger partial charge in [0.05, 0.1) is 5.92 Å². The molecule has 70 valence electrons. The van der Waals surface area contributed by atoms with Gasteiger partial charge in [0.2, 0.25) is 5.91 Å². The number of rotatable bonds is 2. The number of carbonyl (C=O) groups excluding carboxylic acids is 1. The molecule has 1 unspecified atom stereocenters. The number of likely N-dealkylation sites (N-methyl/N-ethyl adjacent to an activating group) is 1. The van der Waals surface area contributed by atoms with Crippen LogP contribution in [0.25, 0.3) is 0 Å². The Kier molecular flexibility index (Phi) is 3.07. The van der Waals surface area contributed by atoms with Crippen molar-refractivity contribution in [2.24, 2.45) is 0 Å². The Balaban J connectivity index is 2.83. The zero-order valence-corrected chi connectivity index (χ0v) is 8.29. The molecular formula is C11H15NO. The van der Waals surface area contributed by atoms with Gasteiger partial charge in [0.1, 0.15) is 0 Å². The van der Waals surface area contributed by atoms with E-state index in [2.05, 4.69) is 5.32 Å². The van der Waals surface area contributed by atoms with Crippen LogP contribution in [0.5, 0.6) is 0 Å². The summed E-state index contributed by atoms with van der Waals surface area (Å²) in [6, 6.07) is 8.04. The van der Waals surface area contributed by atoms with Crippen molar-refractivity contribution >= 4 is 5.91 Å². The number of amides is 1. The largest absolute Gasteiger partial charge is 0.359 e. The Bertz CT molecular complexity index is 289. The lowest BCUT2D eigenvalue weighted by Gasteiger charge is -2.09. The van der Waals surface area contributed by atoms with Crippen molar-refractivity contribution in [2.75, 3.05) is 7.05 Å². The molecule has 0 aliphatic rings. The van der Waals surface area contributed by atoms with E-state index in [1.54, 1.807) is 7.05 Å². The van der Waals surface area contributed by atoms with Crippen LogP contribution in [0.3, 0.4) is 0 Å². The monoisotopic (exact) mass is 177 g/mol. The fourth-order valence-corrected chi connectivity index (χ4v) is 1.22. The van der Waals surface area contributed by atoms with Gasteiger partial charge in [0.25, 0.3) is 0 Å². The molecule has 0 bridgehead atoms. The summed E-state index contributed by atoms with van der Waals surface area (Å²) < 4.78 is 0. The Hall–Kier alpha value is -1.31. The predicted octanol–water partition coefficient (Wildman–Crippen LogP) is 1.84. The van der Waals surface area contributed by atoms with Crippen LogP contribution >= 0.6 is 0 Å². The normalized spacial score (nSPS) is 12.2. The smallest absolute Gasteiger partial charge is 0.227 e. The molecule has 1 rings (SSSR count). The van der Waals surface area contributed by atoms with Crippen LogP contribution in [0.4, 0.5) is 0 Å². The van der Waals surface area contributed by atoms with Gasteiger partial charge in [-0.2, -0.15) is 0 Å². The summed E-state index contributed by atoms with van der Waals surface area (Å²) in [4.78, 5) is 11.3. The van der Waals surface area contributed by atoms with E-state index >= 15 is 0 Å². The molecule has 1 aromatic carbocycles. The summed E-state index contributed by atoms with van der Waals surface area (Å²) >= 11 is 0. The van der Waals surface area contributed by atoms with E-state index in [4.69, 9.17) is 0 Å².